The maximum Gasteiger partial charge on any atom is 0.256 e. The van der Waals surface area contributed by atoms with Crippen LogP contribution in [0.4, 0.5) is 0 Å². The number of rotatable bonds is 5. The fourth-order valence-corrected chi connectivity index (χ4v) is 1.15. The van der Waals surface area contributed by atoms with Gasteiger partial charge >= 0.3 is 0 Å². The van der Waals surface area contributed by atoms with Crippen molar-refractivity contribution >= 4 is 17.5 Å². The van der Waals surface area contributed by atoms with Crippen LogP contribution < -0.4 is 5.32 Å². The monoisotopic (exact) mass is 228 g/mol. The van der Waals surface area contributed by atoms with E-state index >= 15 is 0 Å². The van der Waals surface area contributed by atoms with Crippen LogP contribution in [0.15, 0.2) is 21.9 Å². The van der Waals surface area contributed by atoms with E-state index in [2.05, 4.69) is 15.3 Å². The van der Waals surface area contributed by atoms with Crippen molar-refractivity contribution in [2.45, 2.75) is 6.42 Å². The van der Waals surface area contributed by atoms with E-state index in [4.69, 9.17) is 21.5 Å². The van der Waals surface area contributed by atoms with Gasteiger partial charge < -0.3 is 9.73 Å². The summed E-state index contributed by atoms with van der Waals surface area (Å²) in [5.74, 6) is -0.297. The molecule has 0 saturated heterocycles. The van der Waals surface area contributed by atoms with Gasteiger partial charge in [0, 0.05) is 18.0 Å². The Labute approximate surface area is 90.8 Å². The highest BCUT2D eigenvalue weighted by Crippen LogP contribution is 2.15. The van der Waals surface area contributed by atoms with Crippen LogP contribution in [0.1, 0.15) is 16.8 Å². The van der Waals surface area contributed by atoms with Crippen molar-refractivity contribution in [2.75, 3.05) is 13.1 Å². The number of hydrogen-bond acceptors (Lipinski definition) is 3. The largest absolute Gasteiger partial charge is 0.452 e. The van der Waals surface area contributed by atoms with Crippen LogP contribution in [0.25, 0.3) is 10.4 Å². The zero-order valence-corrected chi connectivity index (χ0v) is 8.57. The zero-order valence-electron chi connectivity index (χ0n) is 7.81. The van der Waals surface area contributed by atoms with Gasteiger partial charge in [-0.25, -0.2) is 0 Å². The van der Waals surface area contributed by atoms with E-state index in [1.807, 2.05) is 0 Å². The molecule has 0 aliphatic heterocycles. The summed E-state index contributed by atoms with van der Waals surface area (Å²) in [6, 6.07) is 1.49. The number of hydrogen-bond donors (Lipinski definition) is 1. The molecule has 0 unspecified atom stereocenters. The molecule has 15 heavy (non-hydrogen) atoms. The molecule has 0 bridgehead atoms. The van der Waals surface area contributed by atoms with Gasteiger partial charge in [-0.05, 0) is 29.6 Å². The van der Waals surface area contributed by atoms with Crippen molar-refractivity contribution in [1.29, 1.82) is 0 Å². The van der Waals surface area contributed by atoms with E-state index in [1.165, 1.54) is 12.3 Å². The lowest BCUT2D eigenvalue weighted by molar-refractivity contribution is 0.0953. The molecule has 0 spiro atoms. The Morgan fingerprint density at radius 2 is 2.53 bits per heavy atom. The lowest BCUT2D eigenvalue weighted by Crippen LogP contribution is -2.24. The van der Waals surface area contributed by atoms with Crippen LogP contribution in [-0.2, 0) is 0 Å². The molecule has 1 N–H and O–H groups in total. The fourth-order valence-electron chi connectivity index (χ4n) is 0.947. The number of halogens is 1. The third-order valence-corrected chi connectivity index (χ3v) is 1.94. The Kier molecular flexibility index (Phi) is 4.53. The summed E-state index contributed by atoms with van der Waals surface area (Å²) in [5.41, 5.74) is 8.31. The topological polar surface area (TPSA) is 91.0 Å². The maximum absolute atomic E-state index is 11.4. The third kappa shape index (κ3) is 3.53. The predicted octanol–water partition coefficient (Wildman–Crippen LogP) is 2.36. The Balaban J connectivity index is 2.31. The number of nitrogens with one attached hydrogen (secondary N) is 1. The standard InChI is InChI=1S/C8H9ClN4O2/c9-7-6(2-5-15-7)8(14)11-3-1-4-12-13-10/h2,5H,1,3-4H2,(H,11,14). The molecule has 1 amide bonds. The number of carbonyl (C=O) groups excluding carboxylic acids is 1. The average Bonchev–Trinajstić information content (AvgIpc) is 2.64. The molecule has 0 aliphatic carbocycles. The third-order valence-electron chi connectivity index (χ3n) is 1.65. The molecule has 6 nitrogen and oxygen atoms in total. The molecular formula is C8H9ClN4O2. The molecule has 1 aromatic heterocycles. The van der Waals surface area contributed by atoms with Gasteiger partial charge in [0.1, 0.15) is 0 Å². The first-order valence-corrected chi connectivity index (χ1v) is 4.65. The van der Waals surface area contributed by atoms with Gasteiger partial charge in [-0.3, -0.25) is 4.79 Å². The summed E-state index contributed by atoms with van der Waals surface area (Å²) in [6.07, 6.45) is 1.93. The zero-order chi connectivity index (χ0) is 11.1. The van der Waals surface area contributed by atoms with E-state index in [0.717, 1.165) is 0 Å². The first-order valence-electron chi connectivity index (χ1n) is 4.27. The summed E-state index contributed by atoms with van der Waals surface area (Å²) in [4.78, 5) is 14.0. The number of azide groups is 1. The second kappa shape index (κ2) is 5.95. The van der Waals surface area contributed by atoms with Crippen molar-refractivity contribution in [2.24, 2.45) is 5.11 Å². The molecule has 0 fully saturated rings. The van der Waals surface area contributed by atoms with Gasteiger partial charge in [0.05, 0.1) is 11.8 Å². The van der Waals surface area contributed by atoms with Crippen LogP contribution in [0.3, 0.4) is 0 Å². The minimum Gasteiger partial charge on any atom is -0.452 e. The number of furan rings is 1. The highest BCUT2D eigenvalue weighted by molar-refractivity contribution is 6.32. The number of amides is 1. The van der Waals surface area contributed by atoms with E-state index in [-0.39, 0.29) is 11.1 Å². The van der Waals surface area contributed by atoms with Crippen LogP contribution >= 0.6 is 11.6 Å². The fraction of sp³-hybridized carbons (Fsp3) is 0.375. The minimum atomic E-state index is -0.297. The first-order chi connectivity index (χ1) is 7.25. The summed E-state index contributed by atoms with van der Waals surface area (Å²) in [5, 5.41) is 6.02. The molecule has 1 rings (SSSR count). The maximum atomic E-state index is 11.4. The second-order valence-corrected chi connectivity index (χ2v) is 3.02. The first kappa shape index (κ1) is 11.4. The summed E-state index contributed by atoms with van der Waals surface area (Å²) in [6.45, 7) is 0.787. The number of nitrogens with zero attached hydrogens (tertiary/aromatic N) is 3. The van der Waals surface area contributed by atoms with Gasteiger partial charge in [0.2, 0.25) is 5.22 Å². The van der Waals surface area contributed by atoms with E-state index in [1.54, 1.807) is 0 Å². The molecular weight excluding hydrogens is 220 g/mol. The van der Waals surface area contributed by atoms with Crippen molar-refractivity contribution in [3.8, 4) is 0 Å². The average molecular weight is 229 g/mol. The Bertz CT molecular complexity index is 384. The van der Waals surface area contributed by atoms with Crippen LogP contribution in [0.2, 0.25) is 5.22 Å². The quantitative estimate of drug-likeness (QED) is 0.363. The lowest BCUT2D eigenvalue weighted by atomic mass is 10.3. The molecule has 1 aromatic rings. The Hall–Kier alpha value is -1.65. The van der Waals surface area contributed by atoms with Gasteiger partial charge in [0.25, 0.3) is 5.91 Å². The minimum absolute atomic E-state index is 0.0718. The molecule has 1 heterocycles. The molecule has 80 valence electrons. The molecule has 0 aromatic carbocycles. The van der Waals surface area contributed by atoms with Gasteiger partial charge in [0.15, 0.2) is 0 Å². The normalized spacial score (nSPS) is 9.40. The Morgan fingerprint density at radius 1 is 1.73 bits per heavy atom. The molecule has 0 radical (unpaired) electrons. The van der Waals surface area contributed by atoms with Crippen molar-refractivity contribution < 1.29 is 9.21 Å². The van der Waals surface area contributed by atoms with Crippen molar-refractivity contribution in [3.63, 3.8) is 0 Å². The lowest BCUT2D eigenvalue weighted by Gasteiger charge is -2.01. The van der Waals surface area contributed by atoms with Gasteiger partial charge in [-0.15, -0.1) is 0 Å². The predicted molar refractivity (Wildman–Crippen MR) is 54.7 cm³/mol. The second-order valence-electron chi connectivity index (χ2n) is 2.67. The van der Waals surface area contributed by atoms with Gasteiger partial charge in [-0.1, -0.05) is 5.11 Å². The SMILES string of the molecule is [N-]=[N+]=NCCCNC(=O)c1ccoc1Cl. The van der Waals surface area contributed by atoms with Crippen molar-refractivity contribution in [1.82, 2.24) is 5.32 Å². The summed E-state index contributed by atoms with van der Waals surface area (Å²) in [7, 11) is 0. The summed E-state index contributed by atoms with van der Waals surface area (Å²) < 4.78 is 4.77. The van der Waals surface area contributed by atoms with Crippen LogP contribution in [-0.4, -0.2) is 19.0 Å². The molecule has 0 aliphatic rings. The van der Waals surface area contributed by atoms with E-state index in [9.17, 15) is 4.79 Å². The van der Waals surface area contributed by atoms with Crippen molar-refractivity contribution in [3.05, 3.63) is 33.6 Å². The highest BCUT2D eigenvalue weighted by atomic mass is 35.5. The molecule has 0 atom stereocenters. The van der Waals surface area contributed by atoms with Crippen LogP contribution in [0.5, 0.6) is 0 Å². The smallest absolute Gasteiger partial charge is 0.256 e. The number of carbonyl (C=O) groups is 1. The van der Waals surface area contributed by atoms with Gasteiger partial charge in [-0.2, -0.15) is 0 Å². The summed E-state index contributed by atoms with van der Waals surface area (Å²) >= 11 is 5.60. The Morgan fingerprint density at radius 3 is 3.13 bits per heavy atom. The highest BCUT2D eigenvalue weighted by Gasteiger charge is 2.11. The van der Waals surface area contributed by atoms with E-state index in [0.29, 0.717) is 25.1 Å². The molecule has 0 saturated carbocycles. The van der Waals surface area contributed by atoms with Crippen LogP contribution in [0, 0.1) is 0 Å². The molecule has 7 heteroatoms. The van der Waals surface area contributed by atoms with E-state index < -0.39 is 0 Å².